The lowest BCUT2D eigenvalue weighted by Crippen LogP contribution is -2.45. The van der Waals surface area contributed by atoms with E-state index >= 15 is 0 Å². The third-order valence-corrected chi connectivity index (χ3v) is 4.11. The van der Waals surface area contributed by atoms with Crippen LogP contribution in [0.15, 0.2) is 12.3 Å². The summed E-state index contributed by atoms with van der Waals surface area (Å²) in [5.41, 5.74) is 0. The summed E-state index contributed by atoms with van der Waals surface area (Å²) in [6.07, 6.45) is 8.14. The molecule has 28 heavy (non-hydrogen) atoms. The number of hydrogen-bond donors (Lipinski definition) is 1. The summed E-state index contributed by atoms with van der Waals surface area (Å²) < 4.78 is 15.0. The maximum Gasteiger partial charge on any atom is 0.351 e. The van der Waals surface area contributed by atoms with Gasteiger partial charge < -0.3 is 19.3 Å². The third kappa shape index (κ3) is 13.2. The summed E-state index contributed by atoms with van der Waals surface area (Å²) in [6.45, 7) is 8.39. The maximum atomic E-state index is 12.2. The Morgan fingerprint density at radius 1 is 0.821 bits per heavy atom. The molecule has 0 aromatic rings. The molecule has 0 rings (SSSR count). The van der Waals surface area contributed by atoms with E-state index in [2.05, 4.69) is 13.5 Å². The van der Waals surface area contributed by atoms with E-state index in [0.29, 0.717) is 6.42 Å². The molecular formula is C21H36O7. The highest BCUT2D eigenvalue weighted by molar-refractivity contribution is 5.86. The lowest BCUT2D eigenvalue weighted by molar-refractivity contribution is -0.181. The minimum Gasteiger partial charge on any atom is -0.479 e. The smallest absolute Gasteiger partial charge is 0.351 e. The number of carboxylic acid groups (broad SMARTS) is 1. The van der Waals surface area contributed by atoms with Gasteiger partial charge in [-0.3, -0.25) is 4.79 Å². The number of aliphatic carboxylic acids is 1. The Morgan fingerprint density at radius 2 is 1.32 bits per heavy atom. The molecule has 0 bridgehead atoms. The van der Waals surface area contributed by atoms with Crippen molar-refractivity contribution in [1.29, 1.82) is 0 Å². The number of carbonyl (C=O) groups excluding carboxylic acids is 2. The molecule has 0 saturated heterocycles. The van der Waals surface area contributed by atoms with E-state index in [0.717, 1.165) is 26.2 Å². The molecule has 0 aliphatic rings. The highest BCUT2D eigenvalue weighted by Gasteiger charge is 2.39. The fourth-order valence-corrected chi connectivity index (χ4v) is 2.72. The molecule has 0 heterocycles. The lowest BCUT2D eigenvalue weighted by atomic mass is 10.1. The molecule has 7 heteroatoms. The van der Waals surface area contributed by atoms with Gasteiger partial charge in [0, 0.05) is 6.92 Å². The normalized spacial score (nSPS) is 12.7. The van der Waals surface area contributed by atoms with Gasteiger partial charge in [-0.05, 0) is 13.3 Å². The Bertz CT molecular complexity index is 487. The number of allylic oxidation sites excluding steroid dienone is 1. The standard InChI is InChI=1S/C21H36O7/c1-5-6-7-8-9-10-11-12-13-14-15-26-21(25)19(27-16(2)3)18(20(23)24)28-17(4)22/h18-19H,2,5-15H2,1,3-4H3,(H,23,24)/t18-,19-/m1/s1. The Balaban J connectivity index is 4.19. The molecule has 0 radical (unpaired) electrons. The van der Waals surface area contributed by atoms with Gasteiger partial charge in [-0.2, -0.15) is 0 Å². The van der Waals surface area contributed by atoms with Crippen molar-refractivity contribution in [3.63, 3.8) is 0 Å². The lowest BCUT2D eigenvalue weighted by Gasteiger charge is -2.23. The number of esters is 2. The molecule has 7 nitrogen and oxygen atoms in total. The average Bonchev–Trinajstić information content (AvgIpc) is 2.61. The van der Waals surface area contributed by atoms with Crippen LogP contribution in [0.4, 0.5) is 0 Å². The summed E-state index contributed by atoms with van der Waals surface area (Å²) in [6, 6.07) is 0. The topological polar surface area (TPSA) is 99.1 Å². The number of ether oxygens (including phenoxy) is 3. The van der Waals surface area contributed by atoms with Crippen LogP contribution in [0.1, 0.15) is 85.0 Å². The van der Waals surface area contributed by atoms with Gasteiger partial charge in [-0.25, -0.2) is 9.59 Å². The Hall–Kier alpha value is -2.05. The zero-order chi connectivity index (χ0) is 21.4. The second kappa shape index (κ2) is 16.0. The molecule has 0 aromatic carbocycles. The van der Waals surface area contributed by atoms with Crippen molar-refractivity contribution in [2.45, 2.75) is 97.2 Å². The van der Waals surface area contributed by atoms with Crippen molar-refractivity contribution in [3.8, 4) is 0 Å². The van der Waals surface area contributed by atoms with Crippen LogP contribution in [0, 0.1) is 0 Å². The Labute approximate surface area is 168 Å². The predicted molar refractivity (Wildman–Crippen MR) is 106 cm³/mol. The van der Waals surface area contributed by atoms with Gasteiger partial charge in [0.1, 0.15) is 0 Å². The van der Waals surface area contributed by atoms with Crippen molar-refractivity contribution < 1.29 is 33.7 Å². The Kier molecular flexibility index (Phi) is 14.8. The second-order valence-corrected chi connectivity index (χ2v) is 6.96. The minimum absolute atomic E-state index is 0.124. The summed E-state index contributed by atoms with van der Waals surface area (Å²) in [5, 5.41) is 9.22. The maximum absolute atomic E-state index is 12.2. The van der Waals surface area contributed by atoms with E-state index in [4.69, 9.17) is 14.2 Å². The molecule has 0 aromatic heterocycles. The third-order valence-electron chi connectivity index (χ3n) is 4.11. The fourth-order valence-electron chi connectivity index (χ4n) is 2.72. The molecule has 1 N–H and O–H groups in total. The number of unbranched alkanes of at least 4 members (excludes halogenated alkanes) is 9. The zero-order valence-electron chi connectivity index (χ0n) is 17.5. The molecule has 0 amide bonds. The summed E-state index contributed by atoms with van der Waals surface area (Å²) in [4.78, 5) is 34.7. The van der Waals surface area contributed by atoms with E-state index in [9.17, 15) is 19.5 Å². The molecule has 2 atom stereocenters. The molecule has 0 spiro atoms. The predicted octanol–water partition coefficient (Wildman–Crippen LogP) is 4.39. The van der Waals surface area contributed by atoms with Crippen LogP contribution < -0.4 is 0 Å². The highest BCUT2D eigenvalue weighted by Crippen LogP contribution is 2.13. The molecule has 0 unspecified atom stereocenters. The van der Waals surface area contributed by atoms with Crippen LogP contribution in [0.25, 0.3) is 0 Å². The van der Waals surface area contributed by atoms with Crippen LogP contribution >= 0.6 is 0 Å². The minimum atomic E-state index is -1.78. The van der Waals surface area contributed by atoms with Gasteiger partial charge in [-0.15, -0.1) is 0 Å². The molecule has 0 saturated carbocycles. The van der Waals surface area contributed by atoms with Crippen LogP contribution in [0.5, 0.6) is 0 Å². The van der Waals surface area contributed by atoms with Gasteiger partial charge in [0.05, 0.1) is 12.4 Å². The number of rotatable bonds is 17. The van der Waals surface area contributed by atoms with Crippen LogP contribution in [0.2, 0.25) is 0 Å². The van der Waals surface area contributed by atoms with Crippen molar-refractivity contribution in [3.05, 3.63) is 12.3 Å². The van der Waals surface area contributed by atoms with Crippen LogP contribution in [-0.2, 0) is 28.6 Å². The Morgan fingerprint density at radius 3 is 1.75 bits per heavy atom. The first-order chi connectivity index (χ1) is 13.3. The molecule has 0 aliphatic heterocycles. The quantitative estimate of drug-likeness (QED) is 0.220. The van der Waals surface area contributed by atoms with Crippen molar-refractivity contribution in [2.75, 3.05) is 6.61 Å². The second-order valence-electron chi connectivity index (χ2n) is 6.96. The number of carboxylic acids is 1. The van der Waals surface area contributed by atoms with Gasteiger partial charge in [-0.1, -0.05) is 71.3 Å². The van der Waals surface area contributed by atoms with E-state index in [1.807, 2.05) is 0 Å². The van der Waals surface area contributed by atoms with Gasteiger partial charge in [0.15, 0.2) is 0 Å². The number of carbonyl (C=O) groups is 3. The van der Waals surface area contributed by atoms with Crippen molar-refractivity contribution in [2.24, 2.45) is 0 Å². The van der Waals surface area contributed by atoms with Crippen molar-refractivity contribution >= 4 is 17.9 Å². The summed E-state index contributed by atoms with van der Waals surface area (Å²) >= 11 is 0. The first-order valence-corrected chi connectivity index (χ1v) is 10.2. The molecule has 0 fully saturated rings. The van der Waals surface area contributed by atoms with Crippen LogP contribution in [-0.4, -0.2) is 41.8 Å². The fraction of sp³-hybridized carbons (Fsp3) is 0.762. The molecule has 162 valence electrons. The monoisotopic (exact) mass is 400 g/mol. The molecular weight excluding hydrogens is 364 g/mol. The van der Waals surface area contributed by atoms with Gasteiger partial charge in [0.2, 0.25) is 12.2 Å². The highest BCUT2D eigenvalue weighted by atomic mass is 16.6. The first-order valence-electron chi connectivity index (χ1n) is 10.2. The first kappa shape index (κ1) is 26.0. The summed E-state index contributed by atoms with van der Waals surface area (Å²) in [7, 11) is 0. The van der Waals surface area contributed by atoms with Gasteiger partial charge >= 0.3 is 17.9 Å². The van der Waals surface area contributed by atoms with Crippen molar-refractivity contribution in [1.82, 2.24) is 0 Å². The average molecular weight is 401 g/mol. The van der Waals surface area contributed by atoms with E-state index < -0.39 is 30.1 Å². The van der Waals surface area contributed by atoms with E-state index in [-0.39, 0.29) is 12.4 Å². The SMILES string of the molecule is C=C(C)O[C@@H](C(=O)OCCCCCCCCCCCC)[C@@H](OC(C)=O)C(=O)O. The van der Waals surface area contributed by atoms with Crippen LogP contribution in [0.3, 0.4) is 0 Å². The largest absolute Gasteiger partial charge is 0.479 e. The summed E-state index contributed by atoms with van der Waals surface area (Å²) in [5.74, 6) is -3.07. The van der Waals surface area contributed by atoms with Gasteiger partial charge in [0.25, 0.3) is 0 Å². The molecule has 0 aliphatic carbocycles. The van der Waals surface area contributed by atoms with E-state index in [1.165, 1.54) is 45.4 Å². The number of hydrogen-bond acceptors (Lipinski definition) is 6. The zero-order valence-corrected chi connectivity index (χ0v) is 17.5. The van der Waals surface area contributed by atoms with E-state index in [1.54, 1.807) is 0 Å².